The van der Waals surface area contributed by atoms with Gasteiger partial charge in [0.1, 0.15) is 17.7 Å². The third-order valence-electron chi connectivity index (χ3n) is 2.75. The number of hydrogen-bond acceptors (Lipinski definition) is 2. The maximum absolute atomic E-state index is 13.7. The van der Waals surface area contributed by atoms with Crippen molar-refractivity contribution in [1.29, 1.82) is 0 Å². The molecule has 0 aliphatic carbocycles. The zero-order valence-electron chi connectivity index (χ0n) is 10.0. The summed E-state index contributed by atoms with van der Waals surface area (Å²) in [5.41, 5.74) is 0.623. The molecule has 2 rings (SSSR count). The van der Waals surface area contributed by atoms with E-state index in [9.17, 15) is 9.50 Å². The van der Waals surface area contributed by atoms with Crippen molar-refractivity contribution in [3.8, 4) is 5.75 Å². The molecule has 19 heavy (non-hydrogen) atoms. The van der Waals surface area contributed by atoms with Gasteiger partial charge in [0.2, 0.25) is 0 Å². The predicted octanol–water partition coefficient (Wildman–Crippen LogP) is 4.22. The van der Waals surface area contributed by atoms with Gasteiger partial charge in [-0.15, -0.1) is 0 Å². The molecule has 0 bridgehead atoms. The van der Waals surface area contributed by atoms with Crippen LogP contribution in [-0.2, 0) is 0 Å². The lowest BCUT2D eigenvalue weighted by molar-refractivity contribution is 0.215. The van der Waals surface area contributed by atoms with Gasteiger partial charge < -0.3 is 9.84 Å². The number of rotatable bonds is 3. The number of ether oxygens (including phenoxy) is 1. The van der Waals surface area contributed by atoms with Crippen LogP contribution in [0.2, 0.25) is 10.0 Å². The molecular weight excluding hydrogens is 290 g/mol. The molecule has 1 unspecified atom stereocenters. The van der Waals surface area contributed by atoms with E-state index in [1.165, 1.54) is 19.2 Å². The minimum absolute atomic E-state index is 0.144. The summed E-state index contributed by atoms with van der Waals surface area (Å²) in [5.74, 6) is -0.0684. The summed E-state index contributed by atoms with van der Waals surface area (Å²) in [7, 11) is 1.50. The van der Waals surface area contributed by atoms with E-state index in [2.05, 4.69) is 0 Å². The molecule has 0 aliphatic heterocycles. The smallest absolute Gasteiger partial charge is 0.137 e. The molecule has 0 heterocycles. The van der Waals surface area contributed by atoms with Crippen molar-refractivity contribution < 1.29 is 14.2 Å². The highest BCUT2D eigenvalue weighted by Crippen LogP contribution is 2.31. The first kappa shape index (κ1) is 14.1. The van der Waals surface area contributed by atoms with Crippen molar-refractivity contribution in [3.63, 3.8) is 0 Å². The molecule has 0 aliphatic rings. The Labute approximate surface area is 120 Å². The predicted molar refractivity (Wildman–Crippen MR) is 73.5 cm³/mol. The maximum atomic E-state index is 13.7. The van der Waals surface area contributed by atoms with Crippen LogP contribution >= 0.6 is 23.2 Å². The summed E-state index contributed by atoms with van der Waals surface area (Å²) in [6, 6.07) is 8.91. The van der Waals surface area contributed by atoms with Gasteiger partial charge in [0.05, 0.1) is 12.1 Å². The van der Waals surface area contributed by atoms with E-state index < -0.39 is 11.9 Å². The van der Waals surface area contributed by atoms with Crippen LogP contribution in [0.15, 0.2) is 36.4 Å². The summed E-state index contributed by atoms with van der Waals surface area (Å²) in [6.07, 6.45) is -1.11. The van der Waals surface area contributed by atoms with Crippen LogP contribution in [-0.4, -0.2) is 12.2 Å². The van der Waals surface area contributed by atoms with E-state index in [1.54, 1.807) is 18.2 Å². The lowest BCUT2D eigenvalue weighted by Crippen LogP contribution is -2.02. The minimum Gasteiger partial charge on any atom is -0.495 e. The highest BCUT2D eigenvalue weighted by Gasteiger charge is 2.16. The Morgan fingerprint density at radius 2 is 1.89 bits per heavy atom. The zero-order valence-corrected chi connectivity index (χ0v) is 11.5. The van der Waals surface area contributed by atoms with Gasteiger partial charge in [-0.05, 0) is 29.8 Å². The standard InChI is InChI=1S/C14H11Cl2FO2/c1-19-13-5-2-8(6-11(13)16)14(18)10-4-3-9(15)7-12(10)17/h2-7,14,18H,1H3. The van der Waals surface area contributed by atoms with Crippen LogP contribution in [0.5, 0.6) is 5.75 Å². The van der Waals surface area contributed by atoms with Gasteiger partial charge in [0, 0.05) is 10.6 Å². The van der Waals surface area contributed by atoms with Gasteiger partial charge in [-0.2, -0.15) is 0 Å². The molecule has 2 aromatic carbocycles. The first-order valence-electron chi connectivity index (χ1n) is 5.49. The van der Waals surface area contributed by atoms with Gasteiger partial charge in [0.25, 0.3) is 0 Å². The van der Waals surface area contributed by atoms with Gasteiger partial charge in [-0.25, -0.2) is 4.39 Å². The molecule has 0 fully saturated rings. The third kappa shape index (κ3) is 3.00. The molecule has 5 heteroatoms. The Bertz CT molecular complexity index is 602. The summed E-state index contributed by atoms with van der Waals surface area (Å²) in [5, 5.41) is 10.8. The van der Waals surface area contributed by atoms with Crippen molar-refractivity contribution in [1.82, 2.24) is 0 Å². The van der Waals surface area contributed by atoms with Gasteiger partial charge >= 0.3 is 0 Å². The molecule has 2 aromatic rings. The highest BCUT2D eigenvalue weighted by molar-refractivity contribution is 6.32. The fourth-order valence-electron chi connectivity index (χ4n) is 1.76. The Morgan fingerprint density at radius 3 is 2.47 bits per heavy atom. The largest absolute Gasteiger partial charge is 0.495 e. The average Bonchev–Trinajstić information content (AvgIpc) is 2.38. The molecule has 2 nitrogen and oxygen atoms in total. The molecule has 0 aromatic heterocycles. The number of benzene rings is 2. The van der Waals surface area contributed by atoms with E-state index in [0.29, 0.717) is 16.3 Å². The minimum atomic E-state index is -1.11. The van der Waals surface area contributed by atoms with Crippen LogP contribution in [0.4, 0.5) is 4.39 Å². The lowest BCUT2D eigenvalue weighted by Gasteiger charge is -2.14. The SMILES string of the molecule is COc1ccc(C(O)c2ccc(Cl)cc2F)cc1Cl. The third-order valence-corrected chi connectivity index (χ3v) is 3.28. The summed E-state index contributed by atoms with van der Waals surface area (Å²) < 4.78 is 18.8. The van der Waals surface area contributed by atoms with E-state index >= 15 is 0 Å². The monoisotopic (exact) mass is 300 g/mol. The quantitative estimate of drug-likeness (QED) is 0.919. The number of hydrogen-bond donors (Lipinski definition) is 1. The second-order valence-electron chi connectivity index (χ2n) is 3.96. The number of halogens is 3. The fraction of sp³-hybridized carbons (Fsp3) is 0.143. The van der Waals surface area contributed by atoms with E-state index in [4.69, 9.17) is 27.9 Å². The van der Waals surface area contributed by atoms with Crippen molar-refractivity contribution in [2.24, 2.45) is 0 Å². The molecule has 0 saturated heterocycles. The van der Waals surface area contributed by atoms with Gasteiger partial charge in [-0.3, -0.25) is 0 Å². The second-order valence-corrected chi connectivity index (χ2v) is 4.81. The first-order chi connectivity index (χ1) is 9.02. The Kier molecular flexibility index (Phi) is 4.30. The van der Waals surface area contributed by atoms with Crippen LogP contribution in [0.25, 0.3) is 0 Å². The number of aliphatic hydroxyl groups is 1. The van der Waals surface area contributed by atoms with Crippen molar-refractivity contribution in [2.75, 3.05) is 7.11 Å². The van der Waals surface area contributed by atoms with Crippen molar-refractivity contribution in [3.05, 3.63) is 63.4 Å². The van der Waals surface area contributed by atoms with Crippen LogP contribution in [0.1, 0.15) is 17.2 Å². The lowest BCUT2D eigenvalue weighted by atomic mass is 10.0. The molecule has 0 saturated carbocycles. The van der Waals surface area contributed by atoms with Crippen LogP contribution in [0.3, 0.4) is 0 Å². The molecule has 0 radical (unpaired) electrons. The number of aliphatic hydroxyl groups excluding tert-OH is 1. The fourth-order valence-corrected chi connectivity index (χ4v) is 2.18. The normalized spacial score (nSPS) is 12.3. The number of methoxy groups -OCH3 is 1. The van der Waals surface area contributed by atoms with E-state index in [0.717, 1.165) is 6.07 Å². The van der Waals surface area contributed by atoms with Crippen LogP contribution < -0.4 is 4.74 Å². The maximum Gasteiger partial charge on any atom is 0.137 e. The zero-order chi connectivity index (χ0) is 14.0. The molecular formula is C14H11Cl2FO2. The molecule has 100 valence electrons. The average molecular weight is 301 g/mol. The summed E-state index contributed by atoms with van der Waals surface area (Å²) >= 11 is 11.6. The molecule has 0 spiro atoms. The Balaban J connectivity index is 2.38. The summed E-state index contributed by atoms with van der Waals surface area (Å²) in [6.45, 7) is 0. The van der Waals surface area contributed by atoms with E-state index in [-0.39, 0.29) is 10.6 Å². The molecule has 0 amide bonds. The molecule has 1 N–H and O–H groups in total. The first-order valence-corrected chi connectivity index (χ1v) is 6.25. The van der Waals surface area contributed by atoms with E-state index in [1.807, 2.05) is 0 Å². The second kappa shape index (κ2) is 5.78. The summed E-state index contributed by atoms with van der Waals surface area (Å²) in [4.78, 5) is 0. The topological polar surface area (TPSA) is 29.5 Å². The molecule has 1 atom stereocenters. The van der Waals surface area contributed by atoms with Gasteiger partial charge in [-0.1, -0.05) is 35.3 Å². The Hall–Kier alpha value is -1.29. The Morgan fingerprint density at radius 1 is 1.16 bits per heavy atom. The highest BCUT2D eigenvalue weighted by atomic mass is 35.5. The van der Waals surface area contributed by atoms with Crippen LogP contribution in [0, 0.1) is 5.82 Å². The van der Waals surface area contributed by atoms with Gasteiger partial charge in [0.15, 0.2) is 0 Å². The van der Waals surface area contributed by atoms with Crippen molar-refractivity contribution in [2.45, 2.75) is 6.10 Å². The van der Waals surface area contributed by atoms with Crippen molar-refractivity contribution >= 4 is 23.2 Å².